The normalized spacial score (nSPS) is 18.6. The van der Waals surface area contributed by atoms with Crippen LogP contribution in [0, 0.1) is 5.92 Å². The van der Waals surface area contributed by atoms with Gasteiger partial charge in [-0.25, -0.2) is 0 Å². The maximum absolute atomic E-state index is 12.2. The molecule has 2 heterocycles. The van der Waals surface area contributed by atoms with E-state index in [4.69, 9.17) is 4.74 Å². The van der Waals surface area contributed by atoms with Crippen LogP contribution in [-0.4, -0.2) is 57.0 Å². The Morgan fingerprint density at radius 3 is 3.00 bits per heavy atom. The molecule has 7 nitrogen and oxygen atoms in total. The average Bonchev–Trinajstić information content (AvgIpc) is 2.90. The number of rotatable bonds is 5. The van der Waals surface area contributed by atoms with Crippen LogP contribution in [0.1, 0.15) is 19.8 Å². The number of ether oxygens (including phenoxy) is 1. The van der Waals surface area contributed by atoms with Gasteiger partial charge in [0.25, 0.3) is 0 Å². The average molecular weight is 312 g/mol. The van der Waals surface area contributed by atoms with Crippen LogP contribution in [0.4, 0.5) is 0 Å². The number of esters is 1. The third-order valence-corrected chi connectivity index (χ3v) is 4.41. The highest BCUT2D eigenvalue weighted by atomic mass is 32.2. The topological polar surface area (TPSA) is 77.3 Å². The van der Waals surface area contributed by atoms with Crippen molar-refractivity contribution in [3.8, 4) is 0 Å². The van der Waals surface area contributed by atoms with Gasteiger partial charge in [0.1, 0.15) is 6.33 Å². The Labute approximate surface area is 128 Å². The molecule has 0 radical (unpaired) electrons. The second-order valence-corrected chi connectivity index (χ2v) is 5.89. The van der Waals surface area contributed by atoms with E-state index in [2.05, 4.69) is 10.2 Å². The molecule has 1 saturated heterocycles. The molecule has 0 spiro atoms. The molecule has 1 amide bonds. The van der Waals surface area contributed by atoms with E-state index >= 15 is 0 Å². The fourth-order valence-electron chi connectivity index (χ4n) is 2.28. The number of thioether (sulfide) groups is 1. The number of amides is 1. The van der Waals surface area contributed by atoms with Gasteiger partial charge in [0.05, 0.1) is 18.3 Å². The maximum Gasteiger partial charge on any atom is 0.310 e. The summed E-state index contributed by atoms with van der Waals surface area (Å²) in [4.78, 5) is 25.7. The van der Waals surface area contributed by atoms with Gasteiger partial charge >= 0.3 is 5.97 Å². The fraction of sp³-hybridized carbons (Fsp3) is 0.692. The smallest absolute Gasteiger partial charge is 0.310 e. The quantitative estimate of drug-likeness (QED) is 0.588. The van der Waals surface area contributed by atoms with Gasteiger partial charge in [0, 0.05) is 20.1 Å². The first-order chi connectivity index (χ1) is 10.1. The van der Waals surface area contributed by atoms with Crippen LogP contribution in [0.2, 0.25) is 0 Å². The van der Waals surface area contributed by atoms with Crippen LogP contribution in [0.25, 0.3) is 0 Å². The number of likely N-dealkylation sites (tertiary alicyclic amines) is 1. The van der Waals surface area contributed by atoms with Crippen molar-refractivity contribution in [3.63, 3.8) is 0 Å². The Hall–Kier alpha value is -1.57. The zero-order valence-electron chi connectivity index (χ0n) is 12.3. The molecule has 1 aromatic rings. The van der Waals surface area contributed by atoms with E-state index in [1.165, 1.54) is 11.8 Å². The van der Waals surface area contributed by atoms with Gasteiger partial charge < -0.3 is 14.2 Å². The summed E-state index contributed by atoms with van der Waals surface area (Å²) in [5.41, 5.74) is 0. The molecule has 1 aliphatic heterocycles. The highest BCUT2D eigenvalue weighted by Crippen LogP contribution is 2.20. The van der Waals surface area contributed by atoms with E-state index in [-0.39, 0.29) is 17.8 Å². The summed E-state index contributed by atoms with van der Waals surface area (Å²) >= 11 is 1.36. The molecule has 0 N–H and O–H groups in total. The fourth-order valence-corrected chi connectivity index (χ4v) is 3.07. The summed E-state index contributed by atoms with van der Waals surface area (Å²) in [6, 6.07) is 0. The Kier molecular flexibility index (Phi) is 5.60. The van der Waals surface area contributed by atoms with Crippen molar-refractivity contribution in [2.24, 2.45) is 13.0 Å². The van der Waals surface area contributed by atoms with Crippen molar-refractivity contribution in [1.29, 1.82) is 0 Å². The van der Waals surface area contributed by atoms with Gasteiger partial charge in [-0.15, -0.1) is 10.2 Å². The highest BCUT2D eigenvalue weighted by molar-refractivity contribution is 7.99. The second kappa shape index (κ2) is 7.44. The van der Waals surface area contributed by atoms with Crippen LogP contribution in [0.3, 0.4) is 0 Å². The number of hydrogen-bond donors (Lipinski definition) is 0. The van der Waals surface area contributed by atoms with Crippen LogP contribution in [0.15, 0.2) is 11.5 Å². The Balaban J connectivity index is 1.84. The molecule has 0 saturated carbocycles. The predicted octanol–water partition coefficient (Wildman–Crippen LogP) is 0.709. The Morgan fingerprint density at radius 1 is 1.52 bits per heavy atom. The molecular formula is C13H20N4O3S. The summed E-state index contributed by atoms with van der Waals surface area (Å²) in [6.45, 7) is 3.33. The van der Waals surface area contributed by atoms with Crippen LogP contribution < -0.4 is 0 Å². The van der Waals surface area contributed by atoms with Gasteiger partial charge in [-0.3, -0.25) is 9.59 Å². The standard InChI is InChI=1S/C13H20N4O3S/c1-3-20-12(19)10-5-4-6-17(7-10)11(18)8-21-13-15-14-9-16(13)2/h9-10H,3-8H2,1-2H3/t10-/m0/s1. The highest BCUT2D eigenvalue weighted by Gasteiger charge is 2.29. The van der Waals surface area contributed by atoms with Crippen LogP contribution >= 0.6 is 11.8 Å². The first kappa shape index (κ1) is 15.8. The van der Waals surface area contributed by atoms with E-state index < -0.39 is 0 Å². The van der Waals surface area contributed by atoms with E-state index in [0.717, 1.165) is 12.8 Å². The monoisotopic (exact) mass is 312 g/mol. The molecule has 116 valence electrons. The minimum Gasteiger partial charge on any atom is -0.466 e. The molecule has 1 aromatic heterocycles. The van der Waals surface area contributed by atoms with E-state index in [1.807, 2.05) is 7.05 Å². The summed E-state index contributed by atoms with van der Waals surface area (Å²) in [7, 11) is 1.84. The van der Waals surface area contributed by atoms with Gasteiger partial charge in [0.15, 0.2) is 5.16 Å². The number of piperidine rings is 1. The number of aryl methyl sites for hydroxylation is 1. The van der Waals surface area contributed by atoms with Crippen molar-refractivity contribution < 1.29 is 14.3 Å². The largest absolute Gasteiger partial charge is 0.466 e. The van der Waals surface area contributed by atoms with E-state index in [1.54, 1.807) is 22.7 Å². The molecule has 0 bridgehead atoms. The van der Waals surface area contributed by atoms with Crippen molar-refractivity contribution in [2.75, 3.05) is 25.4 Å². The zero-order valence-corrected chi connectivity index (χ0v) is 13.1. The Morgan fingerprint density at radius 2 is 2.33 bits per heavy atom. The molecule has 0 aliphatic carbocycles. The molecule has 2 rings (SSSR count). The first-order valence-corrected chi connectivity index (χ1v) is 8.01. The number of nitrogens with zero attached hydrogens (tertiary/aromatic N) is 4. The third-order valence-electron chi connectivity index (χ3n) is 3.39. The second-order valence-electron chi connectivity index (χ2n) is 4.94. The molecule has 1 aliphatic rings. The molecule has 1 fully saturated rings. The third kappa shape index (κ3) is 4.20. The van der Waals surface area contributed by atoms with Gasteiger partial charge in [-0.05, 0) is 19.8 Å². The number of aromatic nitrogens is 3. The first-order valence-electron chi connectivity index (χ1n) is 7.03. The van der Waals surface area contributed by atoms with Crippen LogP contribution in [-0.2, 0) is 21.4 Å². The van der Waals surface area contributed by atoms with Crippen LogP contribution in [0.5, 0.6) is 0 Å². The summed E-state index contributed by atoms with van der Waals surface area (Å²) in [6.07, 6.45) is 3.23. The van der Waals surface area contributed by atoms with E-state index in [9.17, 15) is 9.59 Å². The SMILES string of the molecule is CCOC(=O)[C@H]1CCCN(C(=O)CSc2nncn2C)C1. The van der Waals surface area contributed by atoms with E-state index in [0.29, 0.717) is 30.6 Å². The van der Waals surface area contributed by atoms with Gasteiger partial charge in [-0.2, -0.15) is 0 Å². The molecule has 1 atom stereocenters. The van der Waals surface area contributed by atoms with Crippen molar-refractivity contribution in [3.05, 3.63) is 6.33 Å². The molecule has 8 heteroatoms. The van der Waals surface area contributed by atoms with Gasteiger partial charge in [-0.1, -0.05) is 11.8 Å². The maximum atomic E-state index is 12.2. The summed E-state index contributed by atoms with van der Waals surface area (Å²) < 4.78 is 6.81. The lowest BCUT2D eigenvalue weighted by Crippen LogP contribution is -2.43. The lowest BCUT2D eigenvalue weighted by molar-refractivity contribution is -0.151. The predicted molar refractivity (Wildman–Crippen MR) is 77.7 cm³/mol. The number of carbonyl (C=O) groups excluding carboxylic acids is 2. The minimum atomic E-state index is -0.198. The molecule has 0 unspecified atom stereocenters. The minimum absolute atomic E-state index is 0.0250. The lowest BCUT2D eigenvalue weighted by Gasteiger charge is -2.31. The van der Waals surface area contributed by atoms with Crippen molar-refractivity contribution in [1.82, 2.24) is 19.7 Å². The summed E-state index contributed by atoms with van der Waals surface area (Å²) in [5.74, 6) is -0.0577. The molecular weight excluding hydrogens is 292 g/mol. The van der Waals surface area contributed by atoms with Crippen molar-refractivity contribution >= 4 is 23.6 Å². The lowest BCUT2D eigenvalue weighted by atomic mass is 9.98. The Bertz CT molecular complexity index is 505. The molecule has 0 aromatic carbocycles. The summed E-state index contributed by atoms with van der Waals surface area (Å²) in [5, 5.41) is 8.42. The van der Waals surface area contributed by atoms with Gasteiger partial charge in [0.2, 0.25) is 5.91 Å². The van der Waals surface area contributed by atoms with Crippen molar-refractivity contribution in [2.45, 2.75) is 24.9 Å². The zero-order chi connectivity index (χ0) is 15.2. The number of carbonyl (C=O) groups is 2. The number of hydrogen-bond acceptors (Lipinski definition) is 6. The molecule has 21 heavy (non-hydrogen) atoms.